The van der Waals surface area contributed by atoms with Crippen LogP contribution >= 0.6 is 11.3 Å². The van der Waals surface area contributed by atoms with Crippen molar-refractivity contribution in [2.45, 2.75) is 12.8 Å². The van der Waals surface area contributed by atoms with Crippen LogP contribution in [0.15, 0.2) is 47.3 Å². The highest BCUT2D eigenvalue weighted by Crippen LogP contribution is 2.19. The quantitative estimate of drug-likeness (QED) is 0.789. The molecule has 2 aromatic rings. The van der Waals surface area contributed by atoms with Gasteiger partial charge in [-0.05, 0) is 37.0 Å². The molecular weight excluding hydrogens is 308 g/mol. The first-order valence-corrected chi connectivity index (χ1v) is 8.78. The number of ether oxygens (including phenoxy) is 1. The summed E-state index contributed by atoms with van der Waals surface area (Å²) in [6, 6.07) is 9.89. The summed E-state index contributed by atoms with van der Waals surface area (Å²) in [4.78, 5) is 18.2. The smallest absolute Gasteiger partial charge is 0.246 e. The number of para-hydroxylation sites is 1. The Morgan fingerprint density at radius 1 is 1.30 bits per heavy atom. The van der Waals surface area contributed by atoms with Gasteiger partial charge in [0, 0.05) is 24.5 Å². The van der Waals surface area contributed by atoms with Crippen molar-refractivity contribution < 1.29 is 9.53 Å². The lowest BCUT2D eigenvalue weighted by Crippen LogP contribution is -2.38. The third-order valence-corrected chi connectivity index (χ3v) is 4.61. The molecule has 1 aromatic carbocycles. The summed E-state index contributed by atoms with van der Waals surface area (Å²) in [6.07, 6.45) is 5.38. The molecule has 0 bridgehead atoms. The van der Waals surface area contributed by atoms with Crippen LogP contribution in [0.25, 0.3) is 6.08 Å². The molecule has 2 heterocycles. The number of aromatic nitrogens is 1. The summed E-state index contributed by atoms with van der Waals surface area (Å²) in [6.45, 7) is 2.31. The molecule has 0 atom stereocenters. The molecule has 1 aromatic heterocycles. The van der Waals surface area contributed by atoms with Crippen molar-refractivity contribution in [2.75, 3.05) is 19.7 Å². The van der Waals surface area contributed by atoms with E-state index in [1.54, 1.807) is 17.7 Å². The summed E-state index contributed by atoms with van der Waals surface area (Å²) < 4.78 is 5.81. The second-order valence-electron chi connectivity index (χ2n) is 5.64. The molecule has 0 saturated carbocycles. The first-order valence-electron chi connectivity index (χ1n) is 7.84. The van der Waals surface area contributed by atoms with Crippen LogP contribution < -0.4 is 4.74 Å². The molecule has 1 amide bonds. The van der Waals surface area contributed by atoms with Gasteiger partial charge in [0.25, 0.3) is 0 Å². The Bertz CT molecular complexity index is 632. The SMILES string of the molecule is O=C(/C=C\c1cscn1)N1CCC(COc2ccccc2)CC1. The van der Waals surface area contributed by atoms with E-state index < -0.39 is 0 Å². The zero-order chi connectivity index (χ0) is 15.9. The molecule has 3 rings (SSSR count). The lowest BCUT2D eigenvalue weighted by Gasteiger charge is -2.31. The van der Waals surface area contributed by atoms with Gasteiger partial charge < -0.3 is 9.64 Å². The van der Waals surface area contributed by atoms with Crippen molar-refractivity contribution >= 4 is 23.3 Å². The predicted octanol–water partition coefficient (Wildman–Crippen LogP) is 3.47. The fraction of sp³-hybridized carbons (Fsp3) is 0.333. The molecule has 4 nitrogen and oxygen atoms in total. The summed E-state index contributed by atoms with van der Waals surface area (Å²) in [5, 5.41) is 1.93. The molecule has 1 saturated heterocycles. The van der Waals surface area contributed by atoms with Crippen LogP contribution in [0, 0.1) is 5.92 Å². The maximum absolute atomic E-state index is 12.2. The van der Waals surface area contributed by atoms with Crippen molar-refractivity contribution in [2.24, 2.45) is 5.92 Å². The molecule has 0 spiro atoms. The van der Waals surface area contributed by atoms with E-state index in [9.17, 15) is 4.79 Å². The van der Waals surface area contributed by atoms with E-state index in [1.165, 1.54) is 11.3 Å². The van der Waals surface area contributed by atoms with Crippen molar-refractivity contribution in [3.8, 4) is 5.75 Å². The third-order valence-electron chi connectivity index (χ3n) is 4.00. The number of carbonyl (C=O) groups is 1. The molecule has 0 radical (unpaired) electrons. The third kappa shape index (κ3) is 4.66. The first kappa shape index (κ1) is 15.7. The molecule has 0 unspecified atom stereocenters. The van der Waals surface area contributed by atoms with Crippen molar-refractivity contribution in [1.82, 2.24) is 9.88 Å². The highest BCUT2D eigenvalue weighted by atomic mass is 32.1. The number of rotatable bonds is 5. The van der Waals surface area contributed by atoms with Crippen LogP contribution in [-0.2, 0) is 4.79 Å². The Morgan fingerprint density at radius 2 is 2.09 bits per heavy atom. The van der Waals surface area contributed by atoms with Gasteiger partial charge in [-0.15, -0.1) is 11.3 Å². The second-order valence-corrected chi connectivity index (χ2v) is 6.36. The zero-order valence-electron chi connectivity index (χ0n) is 12.9. The second kappa shape index (κ2) is 7.92. The van der Waals surface area contributed by atoms with Crippen LogP contribution in [0.1, 0.15) is 18.5 Å². The van der Waals surface area contributed by atoms with Gasteiger partial charge in [0.2, 0.25) is 5.91 Å². The van der Waals surface area contributed by atoms with E-state index in [1.807, 2.05) is 40.6 Å². The Kier molecular flexibility index (Phi) is 5.42. The van der Waals surface area contributed by atoms with E-state index in [0.717, 1.165) is 44.0 Å². The average molecular weight is 328 g/mol. The van der Waals surface area contributed by atoms with Gasteiger partial charge in [0.05, 0.1) is 17.8 Å². The highest BCUT2D eigenvalue weighted by Gasteiger charge is 2.22. The lowest BCUT2D eigenvalue weighted by molar-refractivity contribution is -0.127. The summed E-state index contributed by atoms with van der Waals surface area (Å²) in [5.74, 6) is 1.50. The average Bonchev–Trinajstić information content (AvgIpc) is 3.13. The Labute approximate surface area is 140 Å². The Hall–Kier alpha value is -2.14. The maximum atomic E-state index is 12.2. The van der Waals surface area contributed by atoms with Gasteiger partial charge >= 0.3 is 0 Å². The molecule has 1 aliphatic heterocycles. The monoisotopic (exact) mass is 328 g/mol. The van der Waals surface area contributed by atoms with Crippen LogP contribution in [0.3, 0.4) is 0 Å². The molecular formula is C18H20N2O2S. The number of benzene rings is 1. The molecule has 0 aliphatic carbocycles. The normalized spacial score (nSPS) is 15.9. The molecule has 5 heteroatoms. The fourth-order valence-electron chi connectivity index (χ4n) is 2.62. The van der Waals surface area contributed by atoms with Crippen molar-refractivity contribution in [3.63, 3.8) is 0 Å². The molecule has 0 N–H and O–H groups in total. The zero-order valence-corrected chi connectivity index (χ0v) is 13.7. The van der Waals surface area contributed by atoms with Gasteiger partial charge in [-0.2, -0.15) is 0 Å². The van der Waals surface area contributed by atoms with Gasteiger partial charge in [-0.25, -0.2) is 4.98 Å². The first-order chi connectivity index (χ1) is 11.3. The number of amides is 1. The minimum atomic E-state index is 0.0698. The van der Waals surface area contributed by atoms with Gasteiger partial charge in [0.1, 0.15) is 5.75 Å². The number of piperidine rings is 1. The molecule has 1 aliphatic rings. The Morgan fingerprint density at radius 3 is 2.78 bits per heavy atom. The number of thiazole rings is 1. The van der Waals surface area contributed by atoms with E-state index >= 15 is 0 Å². The minimum Gasteiger partial charge on any atom is -0.493 e. The van der Waals surface area contributed by atoms with E-state index in [4.69, 9.17) is 4.74 Å². The standard InChI is InChI=1S/C18H20N2O2S/c21-18(7-6-16-13-23-14-19-16)20-10-8-15(9-11-20)12-22-17-4-2-1-3-5-17/h1-7,13-15H,8-12H2/b7-6-. The largest absolute Gasteiger partial charge is 0.493 e. The topological polar surface area (TPSA) is 42.4 Å². The Balaban J connectivity index is 1.42. The highest BCUT2D eigenvalue weighted by molar-refractivity contribution is 7.07. The van der Waals surface area contributed by atoms with Crippen LogP contribution in [-0.4, -0.2) is 35.5 Å². The summed E-state index contributed by atoms with van der Waals surface area (Å²) in [5.41, 5.74) is 2.61. The maximum Gasteiger partial charge on any atom is 0.246 e. The molecule has 120 valence electrons. The van der Waals surface area contributed by atoms with Crippen LogP contribution in [0.5, 0.6) is 5.75 Å². The number of likely N-dealkylation sites (tertiary alicyclic amines) is 1. The predicted molar refractivity (Wildman–Crippen MR) is 92.4 cm³/mol. The number of hydrogen-bond acceptors (Lipinski definition) is 4. The molecule has 1 fully saturated rings. The van der Waals surface area contributed by atoms with E-state index in [2.05, 4.69) is 4.98 Å². The number of carbonyl (C=O) groups excluding carboxylic acids is 1. The number of nitrogens with zero attached hydrogens (tertiary/aromatic N) is 2. The fourth-order valence-corrected chi connectivity index (χ4v) is 3.14. The minimum absolute atomic E-state index is 0.0698. The van der Waals surface area contributed by atoms with Crippen molar-refractivity contribution in [1.29, 1.82) is 0 Å². The van der Waals surface area contributed by atoms with Crippen LogP contribution in [0.4, 0.5) is 0 Å². The van der Waals surface area contributed by atoms with Gasteiger partial charge in [-0.1, -0.05) is 18.2 Å². The lowest BCUT2D eigenvalue weighted by atomic mass is 9.98. The summed E-state index contributed by atoms with van der Waals surface area (Å²) >= 11 is 1.53. The van der Waals surface area contributed by atoms with E-state index in [0.29, 0.717) is 5.92 Å². The van der Waals surface area contributed by atoms with Crippen LogP contribution in [0.2, 0.25) is 0 Å². The van der Waals surface area contributed by atoms with E-state index in [-0.39, 0.29) is 5.91 Å². The van der Waals surface area contributed by atoms with Gasteiger partial charge in [0.15, 0.2) is 0 Å². The van der Waals surface area contributed by atoms with Gasteiger partial charge in [-0.3, -0.25) is 4.79 Å². The molecule has 23 heavy (non-hydrogen) atoms. The number of hydrogen-bond donors (Lipinski definition) is 0. The van der Waals surface area contributed by atoms with Crippen molar-refractivity contribution in [3.05, 3.63) is 53.0 Å². The summed E-state index contributed by atoms with van der Waals surface area (Å²) in [7, 11) is 0.